The Hall–Kier alpha value is -1.33. The largest absolute Gasteiger partial charge is 0.391 e. The SMILES string of the molecule is Cn1ccnc1C(=O)C1CCCC(C(F)(F)F)C1. The molecular weight excluding hydrogens is 245 g/mol. The van der Waals surface area contributed by atoms with Gasteiger partial charge in [-0.2, -0.15) is 13.2 Å². The van der Waals surface area contributed by atoms with Crippen LogP contribution in [0.3, 0.4) is 0 Å². The van der Waals surface area contributed by atoms with Crippen LogP contribution in [-0.4, -0.2) is 21.5 Å². The molecule has 0 spiro atoms. The first-order chi connectivity index (χ1) is 8.39. The molecule has 0 bridgehead atoms. The molecule has 2 unspecified atom stereocenters. The van der Waals surface area contributed by atoms with Crippen molar-refractivity contribution in [3.63, 3.8) is 0 Å². The number of aryl methyl sites for hydroxylation is 1. The summed E-state index contributed by atoms with van der Waals surface area (Å²) < 4.78 is 39.6. The summed E-state index contributed by atoms with van der Waals surface area (Å²) in [6.45, 7) is 0. The third kappa shape index (κ3) is 2.57. The van der Waals surface area contributed by atoms with Crippen LogP contribution in [0.1, 0.15) is 36.3 Å². The third-order valence-corrected chi connectivity index (χ3v) is 3.55. The van der Waals surface area contributed by atoms with Crippen molar-refractivity contribution in [1.29, 1.82) is 0 Å². The number of rotatable bonds is 2. The number of ketones is 1. The van der Waals surface area contributed by atoms with Crippen molar-refractivity contribution < 1.29 is 18.0 Å². The minimum atomic E-state index is -4.19. The zero-order valence-corrected chi connectivity index (χ0v) is 10.1. The monoisotopic (exact) mass is 260 g/mol. The number of hydrogen-bond acceptors (Lipinski definition) is 2. The van der Waals surface area contributed by atoms with Gasteiger partial charge in [0.2, 0.25) is 5.78 Å². The molecule has 1 saturated carbocycles. The van der Waals surface area contributed by atoms with E-state index in [1.54, 1.807) is 17.8 Å². The van der Waals surface area contributed by atoms with Crippen molar-refractivity contribution in [2.75, 3.05) is 0 Å². The van der Waals surface area contributed by atoms with Crippen molar-refractivity contribution >= 4 is 5.78 Å². The van der Waals surface area contributed by atoms with Crippen LogP contribution in [0.15, 0.2) is 12.4 Å². The fourth-order valence-corrected chi connectivity index (χ4v) is 2.51. The van der Waals surface area contributed by atoms with E-state index in [-0.39, 0.29) is 24.4 Å². The van der Waals surface area contributed by atoms with E-state index in [9.17, 15) is 18.0 Å². The molecule has 3 nitrogen and oxygen atoms in total. The molecular formula is C12H15F3N2O. The second-order valence-electron chi connectivity index (χ2n) is 4.83. The second-order valence-corrected chi connectivity index (χ2v) is 4.83. The first-order valence-corrected chi connectivity index (χ1v) is 5.98. The van der Waals surface area contributed by atoms with E-state index in [4.69, 9.17) is 0 Å². The lowest BCUT2D eigenvalue weighted by atomic mass is 9.79. The van der Waals surface area contributed by atoms with E-state index in [0.717, 1.165) is 0 Å². The maximum Gasteiger partial charge on any atom is 0.391 e. The van der Waals surface area contributed by atoms with Gasteiger partial charge in [-0.1, -0.05) is 6.42 Å². The topological polar surface area (TPSA) is 34.9 Å². The fourth-order valence-electron chi connectivity index (χ4n) is 2.51. The Morgan fingerprint density at radius 3 is 2.72 bits per heavy atom. The Morgan fingerprint density at radius 1 is 1.44 bits per heavy atom. The highest BCUT2D eigenvalue weighted by Crippen LogP contribution is 2.40. The summed E-state index contributed by atoms with van der Waals surface area (Å²) in [5.41, 5.74) is 0. The molecule has 1 aliphatic carbocycles. The number of alkyl halides is 3. The van der Waals surface area contributed by atoms with Gasteiger partial charge in [0.15, 0.2) is 5.82 Å². The molecule has 1 aliphatic rings. The van der Waals surface area contributed by atoms with Gasteiger partial charge in [-0.05, 0) is 19.3 Å². The number of carbonyl (C=O) groups is 1. The lowest BCUT2D eigenvalue weighted by molar-refractivity contribution is -0.184. The molecule has 0 N–H and O–H groups in total. The Morgan fingerprint density at radius 2 is 2.17 bits per heavy atom. The van der Waals surface area contributed by atoms with Crippen LogP contribution in [0, 0.1) is 11.8 Å². The number of halogens is 3. The molecule has 0 aromatic carbocycles. The number of nitrogens with zero attached hydrogens (tertiary/aromatic N) is 2. The number of imidazole rings is 1. The molecule has 1 aromatic rings. The summed E-state index contributed by atoms with van der Waals surface area (Å²) in [5.74, 6) is -1.91. The van der Waals surface area contributed by atoms with Crippen molar-refractivity contribution in [3.05, 3.63) is 18.2 Å². The third-order valence-electron chi connectivity index (χ3n) is 3.55. The summed E-state index contributed by atoms with van der Waals surface area (Å²) in [4.78, 5) is 16.0. The summed E-state index contributed by atoms with van der Waals surface area (Å²) in [7, 11) is 1.67. The lowest BCUT2D eigenvalue weighted by Gasteiger charge is -2.29. The van der Waals surface area contributed by atoms with Gasteiger partial charge in [0.05, 0.1) is 5.92 Å². The predicted molar refractivity (Wildman–Crippen MR) is 59.0 cm³/mol. The van der Waals surface area contributed by atoms with Crippen molar-refractivity contribution in [2.45, 2.75) is 31.9 Å². The minimum Gasteiger partial charge on any atom is -0.332 e. The van der Waals surface area contributed by atoms with Gasteiger partial charge in [0.25, 0.3) is 0 Å². The van der Waals surface area contributed by atoms with Gasteiger partial charge >= 0.3 is 6.18 Å². The predicted octanol–water partition coefficient (Wildman–Crippen LogP) is 2.97. The smallest absolute Gasteiger partial charge is 0.332 e. The molecule has 6 heteroatoms. The maximum atomic E-state index is 12.7. The molecule has 0 radical (unpaired) electrons. The average Bonchev–Trinajstić information content (AvgIpc) is 2.73. The Labute approximate surface area is 103 Å². The number of Topliss-reactive ketones (excluding diaryl/α,β-unsaturated/α-hetero) is 1. The standard InChI is InChI=1S/C12H15F3N2O/c1-17-6-5-16-11(17)10(18)8-3-2-4-9(7-8)12(13,14)15/h5-6,8-9H,2-4,7H2,1H3. The Balaban J connectivity index is 2.10. The highest BCUT2D eigenvalue weighted by atomic mass is 19.4. The summed E-state index contributed by atoms with van der Waals surface area (Å²) in [5, 5.41) is 0. The van der Waals surface area contributed by atoms with Crippen molar-refractivity contribution in [1.82, 2.24) is 9.55 Å². The average molecular weight is 260 g/mol. The molecule has 18 heavy (non-hydrogen) atoms. The molecule has 0 aliphatic heterocycles. The van der Waals surface area contributed by atoms with E-state index in [0.29, 0.717) is 12.8 Å². The van der Waals surface area contributed by atoms with Crippen LogP contribution >= 0.6 is 0 Å². The van der Waals surface area contributed by atoms with Crippen LogP contribution in [0.25, 0.3) is 0 Å². The summed E-state index contributed by atoms with van der Waals surface area (Å²) in [6, 6.07) is 0. The van der Waals surface area contributed by atoms with Crippen LogP contribution in [-0.2, 0) is 7.05 Å². The fraction of sp³-hybridized carbons (Fsp3) is 0.667. The molecule has 1 aromatic heterocycles. The molecule has 1 heterocycles. The Kier molecular flexibility index (Phi) is 3.45. The van der Waals surface area contributed by atoms with E-state index in [2.05, 4.69) is 4.98 Å². The van der Waals surface area contributed by atoms with Crippen LogP contribution in [0.5, 0.6) is 0 Å². The Bertz CT molecular complexity index is 439. The highest BCUT2D eigenvalue weighted by molar-refractivity contribution is 5.94. The van der Waals surface area contributed by atoms with Crippen LogP contribution < -0.4 is 0 Å². The van der Waals surface area contributed by atoms with Gasteiger partial charge in [-0.25, -0.2) is 4.98 Å². The molecule has 2 atom stereocenters. The normalized spacial score (nSPS) is 25.1. The van der Waals surface area contributed by atoms with E-state index in [1.165, 1.54) is 6.20 Å². The zero-order chi connectivity index (χ0) is 13.3. The second kappa shape index (κ2) is 4.74. The van der Waals surface area contributed by atoms with Crippen LogP contribution in [0.2, 0.25) is 0 Å². The molecule has 0 amide bonds. The van der Waals surface area contributed by atoms with Gasteiger partial charge in [-0.15, -0.1) is 0 Å². The van der Waals surface area contributed by atoms with Crippen molar-refractivity contribution in [3.8, 4) is 0 Å². The highest BCUT2D eigenvalue weighted by Gasteiger charge is 2.43. The number of carbonyl (C=O) groups excluding carboxylic acids is 1. The molecule has 100 valence electrons. The minimum absolute atomic E-state index is 0.102. The first-order valence-electron chi connectivity index (χ1n) is 5.98. The van der Waals surface area contributed by atoms with Gasteiger partial charge in [0.1, 0.15) is 0 Å². The van der Waals surface area contributed by atoms with Crippen LogP contribution in [0.4, 0.5) is 13.2 Å². The van der Waals surface area contributed by atoms with Crippen molar-refractivity contribution in [2.24, 2.45) is 18.9 Å². The van der Waals surface area contributed by atoms with Gasteiger partial charge in [0, 0.05) is 25.4 Å². The van der Waals surface area contributed by atoms with Gasteiger partial charge in [-0.3, -0.25) is 4.79 Å². The molecule has 0 saturated heterocycles. The molecule has 2 rings (SSSR count). The van der Waals surface area contributed by atoms with E-state index >= 15 is 0 Å². The quantitative estimate of drug-likeness (QED) is 0.766. The summed E-state index contributed by atoms with van der Waals surface area (Å²) >= 11 is 0. The molecule has 1 fully saturated rings. The lowest BCUT2D eigenvalue weighted by Crippen LogP contribution is -2.32. The summed E-state index contributed by atoms with van der Waals surface area (Å²) in [6.07, 6.45) is -0.0818. The van der Waals surface area contributed by atoms with E-state index < -0.39 is 18.0 Å². The first kappa shape index (κ1) is 13.1. The zero-order valence-electron chi connectivity index (χ0n) is 10.1. The number of hydrogen-bond donors (Lipinski definition) is 0. The number of aromatic nitrogens is 2. The maximum absolute atomic E-state index is 12.7. The van der Waals surface area contributed by atoms with E-state index in [1.807, 2.05) is 0 Å². The van der Waals surface area contributed by atoms with Gasteiger partial charge < -0.3 is 4.57 Å².